The Kier molecular flexibility index (Phi) is 5.92. The number of nitrogen functional groups attached to an aromatic ring is 2. The first kappa shape index (κ1) is 23.2. The molecule has 4 aromatic rings. The Morgan fingerprint density at radius 1 is 0.514 bits per heavy atom. The molecule has 0 unspecified atom stereocenters. The van der Waals surface area contributed by atoms with Gasteiger partial charge in [0.1, 0.15) is 0 Å². The summed E-state index contributed by atoms with van der Waals surface area (Å²) in [5.74, 6) is 0. The summed E-state index contributed by atoms with van der Waals surface area (Å²) in [4.78, 5) is 0. The van der Waals surface area contributed by atoms with Gasteiger partial charge in [-0.1, -0.05) is 100 Å². The van der Waals surface area contributed by atoms with Crippen molar-refractivity contribution < 1.29 is 0 Å². The second kappa shape index (κ2) is 8.92. The fourth-order valence-corrected chi connectivity index (χ4v) is 6.18. The molecule has 0 bridgehead atoms. The van der Waals surface area contributed by atoms with E-state index in [-0.39, 0.29) is 0 Å². The molecule has 0 heterocycles. The average molecular weight is 461 g/mol. The van der Waals surface area contributed by atoms with E-state index in [1.165, 1.54) is 55.6 Å². The molecule has 4 N–H and O–H groups in total. The van der Waals surface area contributed by atoms with E-state index >= 15 is 0 Å². The minimum atomic E-state index is -0.420. The maximum atomic E-state index is 6.64. The quantitative estimate of drug-likeness (QED) is 0.258. The maximum absolute atomic E-state index is 6.64. The van der Waals surface area contributed by atoms with E-state index in [9.17, 15) is 0 Å². The van der Waals surface area contributed by atoms with Crippen LogP contribution in [-0.2, 0) is 31.1 Å². The summed E-state index contributed by atoms with van der Waals surface area (Å²) >= 11 is 0. The smallest absolute Gasteiger partial charge is 0.0714 e. The second-order valence-electron chi connectivity index (χ2n) is 9.67. The highest BCUT2D eigenvalue weighted by Gasteiger charge is 2.46. The zero-order chi connectivity index (χ0) is 24.7. The van der Waals surface area contributed by atoms with Crippen LogP contribution in [0.2, 0.25) is 0 Å². The maximum Gasteiger partial charge on any atom is 0.0714 e. The lowest BCUT2D eigenvalue weighted by Crippen LogP contribution is -2.30. The van der Waals surface area contributed by atoms with Crippen LogP contribution in [0.4, 0.5) is 11.4 Å². The lowest BCUT2D eigenvalue weighted by atomic mass is 9.66. The first-order chi connectivity index (χ1) is 17.0. The van der Waals surface area contributed by atoms with Crippen molar-refractivity contribution in [3.63, 3.8) is 0 Å². The molecule has 0 fully saturated rings. The molecule has 2 nitrogen and oxygen atoms in total. The van der Waals surface area contributed by atoms with Crippen molar-refractivity contribution in [3.8, 4) is 11.1 Å². The summed E-state index contributed by atoms with van der Waals surface area (Å²) in [5, 5.41) is 0. The third-order valence-electron chi connectivity index (χ3n) is 8.04. The van der Waals surface area contributed by atoms with Gasteiger partial charge in [-0.25, -0.2) is 0 Å². The van der Waals surface area contributed by atoms with E-state index in [2.05, 4.69) is 100 Å². The number of aryl methyl sites for hydroxylation is 4. The van der Waals surface area contributed by atoms with Gasteiger partial charge in [-0.3, -0.25) is 0 Å². The molecule has 0 aliphatic heterocycles. The Morgan fingerprint density at radius 3 is 1.14 bits per heavy atom. The van der Waals surface area contributed by atoms with Crippen molar-refractivity contribution in [2.75, 3.05) is 11.5 Å². The van der Waals surface area contributed by atoms with Crippen LogP contribution in [0.5, 0.6) is 0 Å². The van der Waals surface area contributed by atoms with Crippen molar-refractivity contribution in [1.29, 1.82) is 0 Å². The third-order valence-corrected chi connectivity index (χ3v) is 8.04. The van der Waals surface area contributed by atoms with Gasteiger partial charge in [0.2, 0.25) is 0 Å². The molecule has 0 saturated carbocycles. The van der Waals surface area contributed by atoms with E-state index in [0.717, 1.165) is 37.1 Å². The van der Waals surface area contributed by atoms with Crippen molar-refractivity contribution in [1.82, 2.24) is 0 Å². The van der Waals surface area contributed by atoms with Gasteiger partial charge in [-0.2, -0.15) is 0 Å². The van der Waals surface area contributed by atoms with E-state index in [1.807, 2.05) is 0 Å². The van der Waals surface area contributed by atoms with E-state index in [1.54, 1.807) is 0 Å². The Bertz CT molecular complexity index is 1250. The Labute approximate surface area is 210 Å². The van der Waals surface area contributed by atoms with Crippen LogP contribution < -0.4 is 11.5 Å². The monoisotopic (exact) mass is 460 g/mol. The van der Waals surface area contributed by atoms with E-state index < -0.39 is 5.41 Å². The highest BCUT2D eigenvalue weighted by molar-refractivity contribution is 5.87. The van der Waals surface area contributed by atoms with Gasteiger partial charge in [0.15, 0.2) is 0 Å². The molecule has 0 spiro atoms. The van der Waals surface area contributed by atoms with E-state index in [0.29, 0.717) is 0 Å². The SMILES string of the molecule is CCc1cc(C2(c3cc(CC)c(N)c(CC)c3)c3ccccc3-c3ccccc32)cc(CC)c1N. The number of anilines is 2. The van der Waals surface area contributed by atoms with Gasteiger partial charge < -0.3 is 11.5 Å². The molecule has 5 rings (SSSR count). The van der Waals surface area contributed by atoms with Gasteiger partial charge >= 0.3 is 0 Å². The zero-order valence-electron chi connectivity index (χ0n) is 21.4. The largest absolute Gasteiger partial charge is 0.398 e. The van der Waals surface area contributed by atoms with Crippen LogP contribution in [0.25, 0.3) is 11.1 Å². The predicted octanol–water partition coefficient (Wildman–Crippen LogP) is 7.46. The van der Waals surface area contributed by atoms with Gasteiger partial charge in [-0.15, -0.1) is 0 Å². The molecule has 178 valence electrons. The van der Waals surface area contributed by atoms with Gasteiger partial charge in [0, 0.05) is 11.4 Å². The second-order valence-corrected chi connectivity index (χ2v) is 9.67. The fraction of sp³-hybridized carbons (Fsp3) is 0.273. The number of hydrogen-bond acceptors (Lipinski definition) is 2. The highest BCUT2D eigenvalue weighted by Crippen LogP contribution is 2.57. The molecule has 1 aliphatic rings. The van der Waals surface area contributed by atoms with Crippen molar-refractivity contribution in [3.05, 3.63) is 117 Å². The number of rotatable bonds is 6. The molecule has 2 heteroatoms. The summed E-state index contributed by atoms with van der Waals surface area (Å²) in [7, 11) is 0. The number of benzene rings is 4. The average Bonchev–Trinajstić information content (AvgIpc) is 3.20. The molecule has 0 atom stereocenters. The Hall–Kier alpha value is -3.52. The summed E-state index contributed by atoms with van der Waals surface area (Å²) in [5.41, 5.74) is 27.5. The highest BCUT2D eigenvalue weighted by atomic mass is 14.6. The van der Waals surface area contributed by atoms with Gasteiger partial charge in [0.25, 0.3) is 0 Å². The summed E-state index contributed by atoms with van der Waals surface area (Å²) in [6.07, 6.45) is 3.64. The van der Waals surface area contributed by atoms with Crippen LogP contribution in [-0.4, -0.2) is 0 Å². The summed E-state index contributed by atoms with van der Waals surface area (Å²) in [6.45, 7) is 8.80. The first-order valence-corrected chi connectivity index (χ1v) is 13.0. The van der Waals surface area contributed by atoms with Crippen LogP contribution >= 0.6 is 0 Å². The number of hydrogen-bond donors (Lipinski definition) is 2. The third kappa shape index (κ3) is 3.31. The van der Waals surface area contributed by atoms with Crippen LogP contribution in [0.15, 0.2) is 72.8 Å². The number of nitrogens with two attached hydrogens (primary N) is 2. The molecule has 0 aromatic heterocycles. The molecular weight excluding hydrogens is 424 g/mol. The Balaban J connectivity index is 1.99. The van der Waals surface area contributed by atoms with Gasteiger partial charge in [0.05, 0.1) is 5.41 Å². The van der Waals surface area contributed by atoms with Crippen molar-refractivity contribution in [2.24, 2.45) is 0 Å². The Morgan fingerprint density at radius 2 is 0.829 bits per heavy atom. The van der Waals surface area contributed by atoms with Crippen LogP contribution in [0, 0.1) is 0 Å². The summed E-state index contributed by atoms with van der Waals surface area (Å²) in [6, 6.07) is 27.3. The fourth-order valence-electron chi connectivity index (χ4n) is 6.18. The topological polar surface area (TPSA) is 52.0 Å². The van der Waals surface area contributed by atoms with Crippen molar-refractivity contribution in [2.45, 2.75) is 58.8 Å². The molecule has 4 aromatic carbocycles. The van der Waals surface area contributed by atoms with Crippen molar-refractivity contribution >= 4 is 11.4 Å². The standard InChI is InChI=1S/C33H36N2/c1-5-21-17-25(18-22(6-2)31(21)34)33(26-19-23(7-3)32(35)24(8-4)20-26)29-15-11-9-13-27(29)28-14-10-12-16-30(28)33/h9-20H,5-8,34-35H2,1-4H3. The number of fused-ring (bicyclic) bond motifs is 3. The summed E-state index contributed by atoms with van der Waals surface area (Å²) < 4.78 is 0. The lowest BCUT2D eigenvalue weighted by Gasteiger charge is -2.36. The molecule has 0 radical (unpaired) electrons. The minimum Gasteiger partial charge on any atom is -0.398 e. The molecule has 0 saturated heterocycles. The molecule has 0 amide bonds. The lowest BCUT2D eigenvalue weighted by molar-refractivity contribution is 0.759. The van der Waals surface area contributed by atoms with E-state index in [4.69, 9.17) is 11.5 Å². The van der Waals surface area contributed by atoms with Crippen LogP contribution in [0.1, 0.15) is 72.2 Å². The molecule has 35 heavy (non-hydrogen) atoms. The molecular formula is C33H36N2. The first-order valence-electron chi connectivity index (χ1n) is 13.0. The van der Waals surface area contributed by atoms with Gasteiger partial charge in [-0.05, 0) is 81.3 Å². The predicted molar refractivity (Wildman–Crippen MR) is 150 cm³/mol. The zero-order valence-corrected chi connectivity index (χ0v) is 21.4. The minimum absolute atomic E-state index is 0.420. The van der Waals surface area contributed by atoms with Crippen LogP contribution in [0.3, 0.4) is 0 Å². The molecule has 1 aliphatic carbocycles. The normalized spacial score (nSPS) is 13.5.